The standard InChI is InChI=1S/C48H51N3O8/c1-50-20-17-34-26-41(54-3)43-28-37(34)38(50)23-30-9-14-36(15-10-30)58-42-25-32(11-16-40(42)57-22-6-19-49-48(53)33-12-7-31(29-52)8-13-33)24-39-45-35(18-21-51(39)2)27-44(55-4)46(56-5)47(45)59-43/h7-16,25-29,38-39H,6,17-24H2,1-5H3,(H,49,53)/t38-,39+/m0/s1. The topological polar surface area (TPSA) is 108 Å². The van der Waals surface area contributed by atoms with E-state index in [4.69, 9.17) is 28.4 Å². The molecule has 0 saturated carbocycles. The first kappa shape index (κ1) is 39.8. The van der Waals surface area contributed by atoms with E-state index in [1.807, 2.05) is 18.2 Å². The van der Waals surface area contributed by atoms with Gasteiger partial charge in [-0.25, -0.2) is 0 Å². The highest BCUT2D eigenvalue weighted by Gasteiger charge is 2.35. The molecule has 11 heteroatoms. The average molecular weight is 798 g/mol. The Morgan fingerprint density at radius 2 is 1.42 bits per heavy atom. The van der Waals surface area contributed by atoms with Crippen molar-refractivity contribution in [2.45, 2.75) is 44.2 Å². The molecule has 2 atom stereocenters. The van der Waals surface area contributed by atoms with Gasteiger partial charge >= 0.3 is 0 Å². The molecule has 0 saturated heterocycles. The molecule has 6 bridgehead atoms. The lowest BCUT2D eigenvalue weighted by Crippen LogP contribution is -2.34. The van der Waals surface area contributed by atoms with Gasteiger partial charge in [-0.05, 0) is 129 Å². The van der Waals surface area contributed by atoms with Crippen molar-refractivity contribution >= 4 is 12.2 Å². The summed E-state index contributed by atoms with van der Waals surface area (Å²) in [4.78, 5) is 28.4. The van der Waals surface area contributed by atoms with Gasteiger partial charge in [0.25, 0.3) is 5.91 Å². The molecule has 59 heavy (non-hydrogen) atoms. The number of aldehydes is 1. The second-order valence-corrected chi connectivity index (χ2v) is 15.4. The number of rotatable bonds is 10. The Morgan fingerprint density at radius 3 is 2.15 bits per heavy atom. The normalized spacial score (nSPS) is 17.3. The molecule has 4 aliphatic heterocycles. The van der Waals surface area contributed by atoms with Gasteiger partial charge in [0.05, 0.1) is 27.9 Å². The summed E-state index contributed by atoms with van der Waals surface area (Å²) in [5.41, 5.74) is 7.92. The lowest BCUT2D eigenvalue weighted by atomic mass is 9.87. The molecular formula is C48H51N3O8. The maximum absolute atomic E-state index is 12.7. The van der Waals surface area contributed by atoms with Gasteiger partial charge in [0.1, 0.15) is 12.0 Å². The monoisotopic (exact) mass is 797 g/mol. The molecule has 5 aromatic rings. The Balaban J connectivity index is 1.15. The Hall–Kier alpha value is -6.04. The zero-order valence-corrected chi connectivity index (χ0v) is 34.3. The number of nitrogens with one attached hydrogen (secondary N) is 1. The van der Waals surface area contributed by atoms with Gasteiger partial charge in [0.2, 0.25) is 5.75 Å². The van der Waals surface area contributed by atoms with Crippen molar-refractivity contribution in [3.8, 4) is 46.0 Å². The van der Waals surface area contributed by atoms with E-state index in [0.29, 0.717) is 83.1 Å². The maximum Gasteiger partial charge on any atom is 0.251 e. The number of carbonyl (C=O) groups is 2. The summed E-state index contributed by atoms with van der Waals surface area (Å²) < 4.78 is 38.1. The van der Waals surface area contributed by atoms with E-state index in [1.165, 1.54) is 16.7 Å². The van der Waals surface area contributed by atoms with E-state index in [9.17, 15) is 9.59 Å². The van der Waals surface area contributed by atoms with Gasteiger partial charge in [-0.3, -0.25) is 19.4 Å². The maximum atomic E-state index is 12.7. The first-order chi connectivity index (χ1) is 28.8. The van der Waals surface area contributed by atoms with Gasteiger partial charge in [-0.1, -0.05) is 30.3 Å². The number of carbonyl (C=O) groups excluding carboxylic acids is 2. The molecule has 9 rings (SSSR count). The second-order valence-electron chi connectivity index (χ2n) is 15.4. The second kappa shape index (κ2) is 17.4. The van der Waals surface area contributed by atoms with Gasteiger partial charge < -0.3 is 33.7 Å². The molecule has 0 aliphatic carbocycles. The summed E-state index contributed by atoms with van der Waals surface area (Å²) in [6.45, 7) is 2.55. The number of nitrogens with zero attached hydrogens (tertiary/aromatic N) is 2. The van der Waals surface area contributed by atoms with Crippen molar-refractivity contribution in [2.75, 3.05) is 61.7 Å². The first-order valence-electron chi connectivity index (χ1n) is 20.2. The van der Waals surface area contributed by atoms with Crippen molar-refractivity contribution in [3.63, 3.8) is 0 Å². The minimum atomic E-state index is -0.202. The fourth-order valence-corrected chi connectivity index (χ4v) is 8.50. The zero-order valence-electron chi connectivity index (χ0n) is 34.3. The van der Waals surface area contributed by atoms with E-state index in [1.54, 1.807) is 45.6 Å². The largest absolute Gasteiger partial charge is 0.493 e. The fraction of sp³-hybridized carbons (Fsp3) is 0.333. The smallest absolute Gasteiger partial charge is 0.251 e. The van der Waals surface area contributed by atoms with Crippen LogP contribution in [0.5, 0.6) is 46.0 Å². The lowest BCUT2D eigenvalue weighted by molar-refractivity contribution is 0.0950. The molecule has 4 heterocycles. The SMILES string of the molecule is COc1cc2c3cc1Oc1c(OC)c(OC)cc4c1[C@@H](Cc1ccc(OCCCNC(=O)c5ccc(C=O)cc5)c(c1)Oc1ccc(cc1)C[C@@H]3N(C)CC2)N(C)CC4. The highest BCUT2D eigenvalue weighted by molar-refractivity contribution is 5.94. The summed E-state index contributed by atoms with van der Waals surface area (Å²) in [6.07, 6.45) is 4.51. The van der Waals surface area contributed by atoms with Crippen LogP contribution in [0.25, 0.3) is 0 Å². The molecule has 1 N–H and O–H groups in total. The Morgan fingerprint density at radius 1 is 0.746 bits per heavy atom. The number of methoxy groups -OCH3 is 3. The van der Waals surface area contributed by atoms with E-state index in [0.717, 1.165) is 55.3 Å². The minimum absolute atomic E-state index is 0.0768. The summed E-state index contributed by atoms with van der Waals surface area (Å²) in [5.74, 6) is 4.81. The number of fused-ring (bicyclic) bond motifs is 2. The number of benzene rings is 5. The van der Waals surface area contributed by atoms with Crippen LogP contribution in [-0.4, -0.2) is 83.7 Å². The molecule has 1 amide bonds. The predicted octanol–water partition coefficient (Wildman–Crippen LogP) is 8.17. The van der Waals surface area contributed by atoms with Crippen molar-refractivity contribution < 1.29 is 38.0 Å². The molecule has 5 aromatic carbocycles. The highest BCUT2D eigenvalue weighted by atomic mass is 16.5. The van der Waals surface area contributed by atoms with E-state index < -0.39 is 0 Å². The minimum Gasteiger partial charge on any atom is -0.493 e. The van der Waals surface area contributed by atoms with E-state index >= 15 is 0 Å². The van der Waals surface area contributed by atoms with Crippen LogP contribution in [0.15, 0.2) is 84.9 Å². The number of amides is 1. The van der Waals surface area contributed by atoms with Crippen LogP contribution in [0, 0.1) is 0 Å². The van der Waals surface area contributed by atoms with Gasteiger partial charge in [0, 0.05) is 48.4 Å². The van der Waals surface area contributed by atoms with Crippen LogP contribution in [0.3, 0.4) is 0 Å². The lowest BCUT2D eigenvalue weighted by Gasteiger charge is -2.37. The highest BCUT2D eigenvalue weighted by Crippen LogP contribution is 2.52. The summed E-state index contributed by atoms with van der Waals surface area (Å²) in [5, 5.41) is 2.94. The van der Waals surface area contributed by atoms with E-state index in [-0.39, 0.29) is 18.0 Å². The third kappa shape index (κ3) is 8.31. The fourth-order valence-electron chi connectivity index (χ4n) is 8.50. The average Bonchev–Trinajstić information content (AvgIpc) is 3.26. The van der Waals surface area contributed by atoms with Crippen LogP contribution >= 0.6 is 0 Å². The third-order valence-corrected chi connectivity index (χ3v) is 11.8. The molecule has 0 spiro atoms. The molecule has 4 aliphatic rings. The molecule has 306 valence electrons. The molecule has 0 unspecified atom stereocenters. The Labute approximate surface area is 345 Å². The van der Waals surface area contributed by atoms with Gasteiger partial charge in [-0.2, -0.15) is 0 Å². The van der Waals surface area contributed by atoms with Gasteiger partial charge in [0.15, 0.2) is 34.5 Å². The number of hydrogen-bond donors (Lipinski definition) is 1. The summed E-state index contributed by atoms with van der Waals surface area (Å²) >= 11 is 0. The molecule has 0 aromatic heterocycles. The molecule has 0 fully saturated rings. The van der Waals surface area contributed by atoms with Crippen LogP contribution in [0.4, 0.5) is 0 Å². The third-order valence-electron chi connectivity index (χ3n) is 11.8. The molecule has 0 radical (unpaired) electrons. The predicted molar refractivity (Wildman–Crippen MR) is 225 cm³/mol. The van der Waals surface area contributed by atoms with Crippen LogP contribution in [0.2, 0.25) is 0 Å². The molecular weight excluding hydrogens is 747 g/mol. The number of ether oxygens (including phenoxy) is 6. The zero-order chi connectivity index (χ0) is 41.0. The van der Waals surface area contributed by atoms with Crippen LogP contribution < -0.4 is 33.7 Å². The van der Waals surface area contributed by atoms with Crippen LogP contribution in [0.1, 0.15) is 72.6 Å². The van der Waals surface area contributed by atoms with Crippen molar-refractivity contribution in [1.29, 1.82) is 0 Å². The Bertz CT molecular complexity index is 2330. The Kier molecular flexibility index (Phi) is 11.8. The van der Waals surface area contributed by atoms with Gasteiger partial charge in [-0.15, -0.1) is 0 Å². The van der Waals surface area contributed by atoms with Crippen LogP contribution in [-0.2, 0) is 25.7 Å². The number of likely N-dealkylation sites (N-methyl/N-ethyl adjacent to an activating group) is 2. The van der Waals surface area contributed by atoms with Crippen molar-refractivity contribution in [3.05, 3.63) is 129 Å². The van der Waals surface area contributed by atoms with Crippen molar-refractivity contribution in [1.82, 2.24) is 15.1 Å². The number of hydrogen-bond acceptors (Lipinski definition) is 10. The first-order valence-corrected chi connectivity index (χ1v) is 20.2. The summed E-state index contributed by atoms with van der Waals surface area (Å²) in [7, 11) is 9.34. The van der Waals surface area contributed by atoms with E-state index in [2.05, 4.69) is 71.7 Å². The quantitative estimate of drug-likeness (QED) is 0.110. The summed E-state index contributed by atoms with van der Waals surface area (Å²) in [6, 6.07) is 27.4. The van der Waals surface area contributed by atoms with Crippen molar-refractivity contribution in [2.24, 2.45) is 0 Å². The molecule has 11 nitrogen and oxygen atoms in total.